The molecule has 1 heterocycles. The lowest BCUT2D eigenvalue weighted by Crippen LogP contribution is -2.67. The van der Waals surface area contributed by atoms with Gasteiger partial charge in [-0.15, -0.1) is 0 Å². The van der Waals surface area contributed by atoms with Gasteiger partial charge in [0.1, 0.15) is 5.82 Å². The molecule has 2 nitrogen and oxygen atoms in total. The zero-order valence-corrected chi connectivity index (χ0v) is 14.6. The van der Waals surface area contributed by atoms with Crippen molar-refractivity contribution in [3.8, 4) is 0 Å². The van der Waals surface area contributed by atoms with E-state index in [0.29, 0.717) is 6.54 Å². The molecule has 0 amide bonds. The number of halogens is 2. The first kappa shape index (κ1) is 15.4. The molecule has 1 saturated carbocycles. The van der Waals surface area contributed by atoms with Crippen molar-refractivity contribution < 1.29 is 4.39 Å². The van der Waals surface area contributed by atoms with Crippen LogP contribution in [0.1, 0.15) is 39.2 Å². The molecule has 1 atom stereocenters. The van der Waals surface area contributed by atoms with Gasteiger partial charge in [0.05, 0.1) is 0 Å². The fourth-order valence-corrected chi connectivity index (χ4v) is 3.78. The van der Waals surface area contributed by atoms with Crippen LogP contribution in [0, 0.1) is 11.7 Å². The van der Waals surface area contributed by atoms with E-state index in [1.807, 2.05) is 12.1 Å². The second-order valence-corrected chi connectivity index (χ2v) is 8.38. The van der Waals surface area contributed by atoms with Crippen molar-refractivity contribution in [2.24, 2.45) is 5.92 Å². The topological polar surface area (TPSA) is 15.3 Å². The summed E-state index contributed by atoms with van der Waals surface area (Å²) in [5.74, 6) is 0.637. The lowest BCUT2D eigenvalue weighted by atomic mass is 9.85. The van der Waals surface area contributed by atoms with Crippen LogP contribution in [0.15, 0.2) is 22.7 Å². The summed E-state index contributed by atoms with van der Waals surface area (Å²) >= 11 is 3.33. The van der Waals surface area contributed by atoms with E-state index < -0.39 is 0 Å². The first-order valence-corrected chi connectivity index (χ1v) is 8.53. The molecule has 0 spiro atoms. The van der Waals surface area contributed by atoms with E-state index in [1.165, 1.54) is 12.8 Å². The maximum atomic E-state index is 14.2. The van der Waals surface area contributed by atoms with E-state index in [0.717, 1.165) is 29.0 Å². The zero-order chi connectivity index (χ0) is 15.3. The van der Waals surface area contributed by atoms with E-state index in [1.54, 1.807) is 6.07 Å². The lowest BCUT2D eigenvalue weighted by Gasteiger charge is -2.52. The molecule has 4 heteroatoms. The molecule has 2 fully saturated rings. The van der Waals surface area contributed by atoms with Crippen LogP contribution in [0.5, 0.6) is 0 Å². The second-order valence-electron chi connectivity index (χ2n) is 7.46. The molecule has 0 bridgehead atoms. The Morgan fingerprint density at radius 3 is 2.67 bits per heavy atom. The minimum atomic E-state index is -0.112. The van der Waals surface area contributed by atoms with Crippen LogP contribution in [-0.2, 0) is 6.54 Å². The normalized spacial score (nSPS) is 29.6. The van der Waals surface area contributed by atoms with Gasteiger partial charge in [0.15, 0.2) is 0 Å². The van der Waals surface area contributed by atoms with Crippen molar-refractivity contribution >= 4 is 15.9 Å². The Balaban J connectivity index is 1.85. The van der Waals surface area contributed by atoms with E-state index in [9.17, 15) is 4.39 Å². The van der Waals surface area contributed by atoms with Crippen LogP contribution in [0.2, 0.25) is 0 Å². The zero-order valence-electron chi connectivity index (χ0n) is 13.0. The number of piperazine rings is 1. The first-order valence-electron chi connectivity index (χ1n) is 7.74. The smallest absolute Gasteiger partial charge is 0.128 e. The van der Waals surface area contributed by atoms with Crippen LogP contribution >= 0.6 is 15.9 Å². The Kier molecular flexibility index (Phi) is 3.92. The number of benzene rings is 1. The monoisotopic (exact) mass is 354 g/mol. The quantitative estimate of drug-likeness (QED) is 0.884. The summed E-state index contributed by atoms with van der Waals surface area (Å²) in [4.78, 5) is 2.49. The minimum Gasteiger partial charge on any atom is -0.309 e. The van der Waals surface area contributed by atoms with Gasteiger partial charge in [-0.25, -0.2) is 4.39 Å². The highest BCUT2D eigenvalue weighted by atomic mass is 79.9. The van der Waals surface area contributed by atoms with Crippen LogP contribution in [0.3, 0.4) is 0 Å². The molecule has 21 heavy (non-hydrogen) atoms. The van der Waals surface area contributed by atoms with Gasteiger partial charge < -0.3 is 5.32 Å². The highest BCUT2D eigenvalue weighted by Gasteiger charge is 2.49. The molecule has 1 aromatic carbocycles. The number of hydrogen-bond donors (Lipinski definition) is 1. The summed E-state index contributed by atoms with van der Waals surface area (Å²) in [6.45, 7) is 9.42. The summed E-state index contributed by atoms with van der Waals surface area (Å²) in [7, 11) is 0. The van der Waals surface area contributed by atoms with Crippen LogP contribution in [0.4, 0.5) is 4.39 Å². The summed E-state index contributed by atoms with van der Waals surface area (Å²) in [5.41, 5.74) is 1.03. The fourth-order valence-electron chi connectivity index (χ4n) is 3.44. The molecule has 1 saturated heterocycles. The number of nitrogens with zero attached hydrogens (tertiary/aromatic N) is 1. The standard InChI is InChI=1S/C17H24BrFN2/c1-16(2)11-21(17(3,10-20-16)13-5-6-13)9-12-4-7-14(18)8-15(12)19/h4,7-8,13,20H,5-6,9-11H2,1-3H3. The highest BCUT2D eigenvalue weighted by Crippen LogP contribution is 2.45. The van der Waals surface area contributed by atoms with Gasteiger partial charge >= 0.3 is 0 Å². The maximum Gasteiger partial charge on any atom is 0.128 e. The van der Waals surface area contributed by atoms with Gasteiger partial charge in [0.2, 0.25) is 0 Å². The van der Waals surface area contributed by atoms with E-state index >= 15 is 0 Å². The largest absolute Gasteiger partial charge is 0.309 e. The molecular weight excluding hydrogens is 331 g/mol. The van der Waals surface area contributed by atoms with Gasteiger partial charge in [-0.2, -0.15) is 0 Å². The van der Waals surface area contributed by atoms with Crippen molar-refractivity contribution in [3.63, 3.8) is 0 Å². The Morgan fingerprint density at radius 2 is 2.05 bits per heavy atom. The van der Waals surface area contributed by atoms with Crippen LogP contribution in [-0.4, -0.2) is 29.1 Å². The molecule has 1 aromatic rings. The Bertz CT molecular complexity index is 542. The molecule has 116 valence electrons. The SMILES string of the molecule is CC1(C)CN(Cc2ccc(Br)cc2F)C(C)(C2CC2)CN1. The predicted molar refractivity (Wildman–Crippen MR) is 87.7 cm³/mol. The third-order valence-corrected chi connectivity index (χ3v) is 5.56. The second kappa shape index (κ2) is 5.32. The Morgan fingerprint density at radius 1 is 1.33 bits per heavy atom. The third-order valence-electron chi connectivity index (χ3n) is 5.07. The van der Waals surface area contributed by atoms with E-state index in [2.05, 4.69) is 46.9 Å². The summed E-state index contributed by atoms with van der Waals surface area (Å²) in [6, 6.07) is 5.40. The number of nitrogens with one attached hydrogen (secondary N) is 1. The van der Waals surface area contributed by atoms with Crippen molar-refractivity contribution in [3.05, 3.63) is 34.1 Å². The van der Waals surface area contributed by atoms with Gasteiger partial charge in [-0.3, -0.25) is 4.90 Å². The van der Waals surface area contributed by atoms with Crippen molar-refractivity contribution in [1.29, 1.82) is 0 Å². The van der Waals surface area contributed by atoms with E-state index in [4.69, 9.17) is 0 Å². The van der Waals surface area contributed by atoms with Gasteiger partial charge in [0, 0.05) is 40.7 Å². The van der Waals surface area contributed by atoms with Crippen molar-refractivity contribution in [1.82, 2.24) is 10.2 Å². The molecule has 1 N–H and O–H groups in total. The van der Waals surface area contributed by atoms with Gasteiger partial charge in [-0.1, -0.05) is 22.0 Å². The summed E-state index contributed by atoms with van der Waals surface area (Å²) in [6.07, 6.45) is 2.61. The predicted octanol–water partition coefficient (Wildman–Crippen LogP) is 3.94. The van der Waals surface area contributed by atoms with Gasteiger partial charge in [0.25, 0.3) is 0 Å². The van der Waals surface area contributed by atoms with Crippen LogP contribution < -0.4 is 5.32 Å². The molecule has 1 aliphatic heterocycles. The van der Waals surface area contributed by atoms with Crippen LogP contribution in [0.25, 0.3) is 0 Å². The number of rotatable bonds is 3. The van der Waals surface area contributed by atoms with Crippen molar-refractivity contribution in [2.45, 2.75) is 51.2 Å². The first-order chi connectivity index (χ1) is 9.80. The fraction of sp³-hybridized carbons (Fsp3) is 0.647. The summed E-state index contributed by atoms with van der Waals surface area (Å²) < 4.78 is 15.0. The Hall–Kier alpha value is -0.450. The van der Waals surface area contributed by atoms with Crippen molar-refractivity contribution in [2.75, 3.05) is 13.1 Å². The molecule has 3 rings (SSSR count). The molecular formula is C17H24BrFN2. The molecule has 2 aliphatic rings. The average Bonchev–Trinajstić information content (AvgIpc) is 3.22. The highest BCUT2D eigenvalue weighted by molar-refractivity contribution is 9.10. The molecule has 1 unspecified atom stereocenters. The maximum absolute atomic E-state index is 14.2. The Labute approximate surface area is 135 Å². The minimum absolute atomic E-state index is 0.0836. The molecule has 0 aromatic heterocycles. The van der Waals surface area contributed by atoms with E-state index in [-0.39, 0.29) is 16.9 Å². The number of hydrogen-bond acceptors (Lipinski definition) is 2. The molecule has 0 radical (unpaired) electrons. The lowest BCUT2D eigenvalue weighted by molar-refractivity contribution is 0.00449. The van der Waals surface area contributed by atoms with Gasteiger partial charge in [-0.05, 0) is 51.7 Å². The third kappa shape index (κ3) is 3.17. The molecule has 1 aliphatic carbocycles. The summed E-state index contributed by atoms with van der Waals surface area (Å²) in [5, 5.41) is 3.67. The average molecular weight is 355 g/mol.